The highest BCUT2D eigenvalue weighted by Gasteiger charge is 2.44. The molecule has 1 fully saturated rings. The number of carbonyl (C=O) groups is 6. The molecule has 12 heteroatoms. The normalized spacial score (nSPS) is 15.8. The second-order valence-electron chi connectivity index (χ2n) is 14.8. The molecule has 1 saturated heterocycles. The first-order valence-electron chi connectivity index (χ1n) is 20.1. The summed E-state index contributed by atoms with van der Waals surface area (Å²) in [6.07, 6.45) is 7.30. The first kappa shape index (κ1) is 44.0. The zero-order chi connectivity index (χ0) is 40.2. The number of piperidine rings is 1. The highest BCUT2D eigenvalue weighted by atomic mass is 32.2. The van der Waals surface area contributed by atoms with Gasteiger partial charge in [0.2, 0.25) is 29.5 Å². The summed E-state index contributed by atoms with van der Waals surface area (Å²) in [7, 11) is 0. The van der Waals surface area contributed by atoms with Gasteiger partial charge in [-0.1, -0.05) is 97.4 Å². The molecular weight excluding hydrogens is 727 g/mol. The molecule has 0 saturated carbocycles. The SMILES string of the molecule is CCNC(=O)[C@]1(Cc2ccccc2)CCCN(C(=O)C(Cc2ccc3ccccc3c2)NC(=O)CCCCCNC(=O)CCCCCNC(=O)CSC(C)=O)C1. The van der Waals surface area contributed by atoms with E-state index in [1.807, 2.05) is 73.7 Å². The minimum atomic E-state index is -0.785. The van der Waals surface area contributed by atoms with Gasteiger partial charge >= 0.3 is 0 Å². The van der Waals surface area contributed by atoms with Crippen LogP contribution >= 0.6 is 11.8 Å². The van der Waals surface area contributed by atoms with Crippen LogP contribution in [0.1, 0.15) is 89.2 Å². The molecule has 3 aromatic rings. The van der Waals surface area contributed by atoms with Gasteiger partial charge in [-0.15, -0.1) is 0 Å². The molecule has 0 bridgehead atoms. The highest BCUT2D eigenvalue weighted by molar-refractivity contribution is 8.14. The standard InChI is InChI=1S/C44H59N5O6S/c1-3-45-43(55)44(30-34-16-7-4-8-17-34)24-15-27-49(32-44)42(54)38(29-35-22-23-36-18-11-12-19-37(36)28-35)48-40(52)21-10-6-13-25-46-39(51)20-9-5-14-26-47-41(53)31-56-33(2)50/h4,7-8,11-12,16-19,22-23,28,38H,3,5-6,9-10,13-15,20-21,24-27,29-32H2,1-2H3,(H,45,55)(H,46,51)(H,47,53)(H,48,52)/t38?,44-/m0/s1. The van der Waals surface area contributed by atoms with Gasteiger partial charge in [-0.3, -0.25) is 28.8 Å². The van der Waals surface area contributed by atoms with Crippen molar-refractivity contribution in [3.8, 4) is 0 Å². The molecule has 0 aromatic heterocycles. The van der Waals surface area contributed by atoms with Gasteiger partial charge in [-0.2, -0.15) is 0 Å². The van der Waals surface area contributed by atoms with Crippen molar-refractivity contribution < 1.29 is 28.8 Å². The first-order chi connectivity index (χ1) is 27.1. The molecule has 2 atom stereocenters. The van der Waals surface area contributed by atoms with E-state index in [2.05, 4.69) is 27.3 Å². The Bertz CT molecular complexity index is 1770. The van der Waals surface area contributed by atoms with Crippen LogP contribution in [-0.2, 0) is 41.6 Å². The minimum Gasteiger partial charge on any atom is -0.356 e. The molecule has 0 spiro atoms. The van der Waals surface area contributed by atoms with Crippen molar-refractivity contribution in [3.63, 3.8) is 0 Å². The summed E-state index contributed by atoms with van der Waals surface area (Å²) < 4.78 is 0. The number of unbranched alkanes of at least 4 members (excludes halogenated alkanes) is 4. The van der Waals surface area contributed by atoms with Crippen molar-refractivity contribution in [2.24, 2.45) is 5.41 Å². The molecule has 1 heterocycles. The quantitative estimate of drug-likeness (QED) is 0.0984. The fourth-order valence-electron chi connectivity index (χ4n) is 7.29. The van der Waals surface area contributed by atoms with Crippen LogP contribution in [0.3, 0.4) is 0 Å². The Labute approximate surface area is 335 Å². The molecule has 4 N–H and O–H groups in total. The number of amides is 5. The lowest BCUT2D eigenvalue weighted by atomic mass is 9.74. The largest absolute Gasteiger partial charge is 0.356 e. The number of fused-ring (bicyclic) bond motifs is 1. The van der Waals surface area contributed by atoms with Gasteiger partial charge in [-0.25, -0.2) is 0 Å². The van der Waals surface area contributed by atoms with Gasteiger partial charge in [0.1, 0.15) is 6.04 Å². The van der Waals surface area contributed by atoms with Crippen LogP contribution in [0.4, 0.5) is 0 Å². The zero-order valence-electron chi connectivity index (χ0n) is 33.0. The summed E-state index contributed by atoms with van der Waals surface area (Å²) in [5, 5.41) is 13.9. The van der Waals surface area contributed by atoms with Gasteiger partial charge in [0.05, 0.1) is 11.2 Å². The summed E-state index contributed by atoms with van der Waals surface area (Å²) in [6, 6.07) is 23.3. The fraction of sp³-hybridized carbons (Fsp3) is 0.500. The van der Waals surface area contributed by atoms with Crippen molar-refractivity contribution in [2.45, 2.75) is 96.9 Å². The Morgan fingerprint density at radius 3 is 2.09 bits per heavy atom. The Balaban J connectivity index is 1.27. The lowest BCUT2D eigenvalue weighted by Gasteiger charge is -2.43. The minimum absolute atomic E-state index is 0.0163. The van der Waals surface area contributed by atoms with E-state index in [0.29, 0.717) is 64.7 Å². The lowest BCUT2D eigenvalue weighted by Crippen LogP contribution is -2.58. The lowest BCUT2D eigenvalue weighted by molar-refractivity contribution is -0.144. The van der Waals surface area contributed by atoms with E-state index in [-0.39, 0.29) is 53.4 Å². The number of benzene rings is 3. The van der Waals surface area contributed by atoms with Gasteiger partial charge < -0.3 is 26.2 Å². The number of thioether (sulfide) groups is 1. The Hall–Kier alpha value is -4.71. The summed E-state index contributed by atoms with van der Waals surface area (Å²) >= 11 is 0.987. The van der Waals surface area contributed by atoms with Crippen LogP contribution in [0, 0.1) is 5.41 Å². The van der Waals surface area contributed by atoms with Crippen molar-refractivity contribution in [2.75, 3.05) is 38.5 Å². The number of likely N-dealkylation sites (tertiary alicyclic amines) is 1. The van der Waals surface area contributed by atoms with Crippen molar-refractivity contribution in [3.05, 3.63) is 83.9 Å². The van der Waals surface area contributed by atoms with Crippen LogP contribution in [0.15, 0.2) is 72.8 Å². The topological polar surface area (TPSA) is 154 Å². The third-order valence-corrected chi connectivity index (χ3v) is 11.0. The van der Waals surface area contributed by atoms with Crippen LogP contribution in [0.2, 0.25) is 0 Å². The van der Waals surface area contributed by atoms with Crippen LogP contribution in [0.5, 0.6) is 0 Å². The summed E-state index contributed by atoms with van der Waals surface area (Å²) in [5.74, 6) is -0.467. The third-order valence-electron chi connectivity index (χ3n) is 10.2. The van der Waals surface area contributed by atoms with Crippen LogP contribution in [-0.4, -0.2) is 84.1 Å². The Morgan fingerprint density at radius 2 is 1.39 bits per heavy atom. The molecule has 3 aromatic carbocycles. The number of hydrogen-bond acceptors (Lipinski definition) is 7. The number of rotatable bonds is 22. The number of nitrogens with zero attached hydrogens (tertiary/aromatic N) is 1. The number of carbonyl (C=O) groups excluding carboxylic acids is 6. The number of nitrogens with one attached hydrogen (secondary N) is 4. The highest BCUT2D eigenvalue weighted by Crippen LogP contribution is 2.35. The maximum absolute atomic E-state index is 14.4. The summed E-state index contributed by atoms with van der Waals surface area (Å²) in [5.41, 5.74) is 1.22. The van der Waals surface area contributed by atoms with Crippen molar-refractivity contribution in [1.82, 2.24) is 26.2 Å². The van der Waals surface area contributed by atoms with E-state index in [4.69, 9.17) is 0 Å². The maximum Gasteiger partial charge on any atom is 0.245 e. The molecule has 1 aliphatic heterocycles. The predicted octanol–water partition coefficient (Wildman–Crippen LogP) is 5.49. The number of hydrogen-bond donors (Lipinski definition) is 4. The van der Waals surface area contributed by atoms with Crippen molar-refractivity contribution >= 4 is 57.2 Å². The van der Waals surface area contributed by atoms with E-state index in [9.17, 15) is 28.8 Å². The summed E-state index contributed by atoms with van der Waals surface area (Å²) in [6.45, 7) is 5.69. The molecule has 11 nitrogen and oxygen atoms in total. The molecule has 0 aliphatic carbocycles. The van der Waals surface area contributed by atoms with E-state index in [1.54, 1.807) is 4.90 Å². The van der Waals surface area contributed by atoms with E-state index in [1.165, 1.54) is 6.92 Å². The molecule has 0 radical (unpaired) electrons. The van der Waals surface area contributed by atoms with Crippen LogP contribution in [0.25, 0.3) is 10.8 Å². The third kappa shape index (κ3) is 14.7. The second kappa shape index (κ2) is 23.4. The molecule has 302 valence electrons. The van der Waals surface area contributed by atoms with Gasteiger partial charge in [0.25, 0.3) is 0 Å². The van der Waals surface area contributed by atoms with Gasteiger partial charge in [0, 0.05) is 58.9 Å². The molecule has 56 heavy (non-hydrogen) atoms. The van der Waals surface area contributed by atoms with E-state index in [0.717, 1.165) is 65.8 Å². The van der Waals surface area contributed by atoms with Gasteiger partial charge in [-0.05, 0) is 73.8 Å². The average Bonchev–Trinajstić information content (AvgIpc) is 3.19. The second-order valence-corrected chi connectivity index (χ2v) is 15.9. The Kier molecular flexibility index (Phi) is 18.4. The predicted molar refractivity (Wildman–Crippen MR) is 223 cm³/mol. The van der Waals surface area contributed by atoms with E-state index >= 15 is 0 Å². The molecular formula is C44H59N5O6S. The molecule has 1 aliphatic rings. The zero-order valence-corrected chi connectivity index (χ0v) is 33.9. The maximum atomic E-state index is 14.4. The van der Waals surface area contributed by atoms with E-state index < -0.39 is 11.5 Å². The fourth-order valence-corrected chi connectivity index (χ4v) is 7.73. The summed E-state index contributed by atoms with van der Waals surface area (Å²) in [4.78, 5) is 78.1. The molecule has 4 rings (SSSR count). The molecule has 5 amide bonds. The Morgan fingerprint density at radius 1 is 0.732 bits per heavy atom. The van der Waals surface area contributed by atoms with Crippen molar-refractivity contribution in [1.29, 1.82) is 0 Å². The average molecular weight is 786 g/mol. The molecule has 1 unspecified atom stereocenters. The smallest absolute Gasteiger partial charge is 0.245 e. The first-order valence-corrected chi connectivity index (χ1v) is 21.1. The van der Waals surface area contributed by atoms with Gasteiger partial charge in [0.15, 0.2) is 5.12 Å². The monoisotopic (exact) mass is 785 g/mol. The van der Waals surface area contributed by atoms with Crippen LogP contribution < -0.4 is 21.3 Å².